The molecule has 0 saturated carbocycles. The largest absolute Gasteiger partial charge is 0.324 e. The van der Waals surface area contributed by atoms with Gasteiger partial charge in [-0.3, -0.25) is 9.59 Å². The van der Waals surface area contributed by atoms with Crippen LogP contribution < -0.4 is 16.4 Å². The van der Waals surface area contributed by atoms with Crippen LogP contribution in [-0.2, 0) is 4.79 Å². The van der Waals surface area contributed by atoms with Gasteiger partial charge in [-0.1, -0.05) is 45.0 Å². The number of amides is 2. The molecule has 0 bridgehead atoms. The second-order valence-electron chi connectivity index (χ2n) is 7.13. The van der Waals surface area contributed by atoms with Gasteiger partial charge in [0.25, 0.3) is 5.91 Å². The Bertz CT molecular complexity index is 764. The maximum atomic E-state index is 12.3. The maximum absolute atomic E-state index is 12.3. The fourth-order valence-corrected chi connectivity index (χ4v) is 2.29. The molecule has 0 saturated heterocycles. The highest BCUT2D eigenvalue weighted by molar-refractivity contribution is 6.05. The lowest BCUT2D eigenvalue weighted by Crippen LogP contribution is -2.45. The third-order valence-corrected chi connectivity index (χ3v) is 4.09. The molecule has 2 aromatic rings. The lowest BCUT2D eigenvalue weighted by atomic mass is 9.87. The van der Waals surface area contributed by atoms with E-state index in [2.05, 4.69) is 10.6 Å². The number of nitrogens with one attached hydrogen (secondary N) is 2. The van der Waals surface area contributed by atoms with E-state index in [9.17, 15) is 9.59 Å². The molecule has 2 amide bonds. The molecule has 132 valence electrons. The van der Waals surface area contributed by atoms with E-state index in [1.165, 1.54) is 0 Å². The monoisotopic (exact) mass is 339 g/mol. The summed E-state index contributed by atoms with van der Waals surface area (Å²) in [4.78, 5) is 24.7. The average Bonchev–Trinajstić information content (AvgIpc) is 2.57. The van der Waals surface area contributed by atoms with Crippen molar-refractivity contribution in [2.75, 3.05) is 10.6 Å². The molecule has 0 unspecified atom stereocenters. The molecular formula is C20H25N3O2. The SMILES string of the molecule is Cc1c(NC(=O)c2ccccc2)cccc1NC(=O)[C@@H](N)C(C)(C)C. The van der Waals surface area contributed by atoms with Gasteiger partial charge in [-0.05, 0) is 42.2 Å². The number of carbonyl (C=O) groups is 2. The van der Waals surface area contributed by atoms with Crippen LogP contribution in [0.2, 0.25) is 0 Å². The molecule has 0 aliphatic heterocycles. The summed E-state index contributed by atoms with van der Waals surface area (Å²) in [5.41, 5.74) is 8.31. The minimum Gasteiger partial charge on any atom is -0.324 e. The Kier molecular flexibility index (Phi) is 5.59. The van der Waals surface area contributed by atoms with Crippen LogP contribution in [0.25, 0.3) is 0 Å². The normalized spacial score (nSPS) is 12.4. The van der Waals surface area contributed by atoms with Gasteiger partial charge in [0.1, 0.15) is 0 Å². The van der Waals surface area contributed by atoms with Gasteiger partial charge < -0.3 is 16.4 Å². The number of hydrogen-bond acceptors (Lipinski definition) is 3. The Morgan fingerprint density at radius 2 is 1.48 bits per heavy atom. The molecule has 25 heavy (non-hydrogen) atoms. The van der Waals surface area contributed by atoms with Crippen molar-refractivity contribution in [3.63, 3.8) is 0 Å². The van der Waals surface area contributed by atoms with Gasteiger partial charge in [-0.2, -0.15) is 0 Å². The van der Waals surface area contributed by atoms with Gasteiger partial charge in [0.15, 0.2) is 0 Å². The Balaban J connectivity index is 2.17. The Hall–Kier alpha value is -2.66. The number of rotatable bonds is 4. The highest BCUT2D eigenvalue weighted by Crippen LogP contribution is 2.25. The smallest absolute Gasteiger partial charge is 0.255 e. The van der Waals surface area contributed by atoms with Crippen LogP contribution in [0.1, 0.15) is 36.7 Å². The van der Waals surface area contributed by atoms with Crippen LogP contribution >= 0.6 is 0 Å². The van der Waals surface area contributed by atoms with Crippen molar-refractivity contribution in [2.45, 2.75) is 33.7 Å². The van der Waals surface area contributed by atoms with E-state index in [1.54, 1.807) is 30.3 Å². The zero-order valence-electron chi connectivity index (χ0n) is 15.1. The summed E-state index contributed by atoms with van der Waals surface area (Å²) in [7, 11) is 0. The molecule has 1 atom stereocenters. The first-order chi connectivity index (χ1) is 11.7. The number of benzene rings is 2. The highest BCUT2D eigenvalue weighted by Gasteiger charge is 2.27. The number of carbonyl (C=O) groups excluding carboxylic acids is 2. The first kappa shape index (κ1) is 18.7. The fraction of sp³-hybridized carbons (Fsp3) is 0.300. The van der Waals surface area contributed by atoms with E-state index in [0.29, 0.717) is 16.9 Å². The molecule has 0 spiro atoms. The molecule has 0 aliphatic rings. The van der Waals surface area contributed by atoms with Crippen molar-refractivity contribution in [3.05, 3.63) is 59.7 Å². The third-order valence-electron chi connectivity index (χ3n) is 4.09. The highest BCUT2D eigenvalue weighted by atomic mass is 16.2. The van der Waals surface area contributed by atoms with Crippen LogP contribution in [0.15, 0.2) is 48.5 Å². The lowest BCUT2D eigenvalue weighted by molar-refractivity contribution is -0.119. The van der Waals surface area contributed by atoms with Gasteiger partial charge in [0.05, 0.1) is 6.04 Å². The minimum absolute atomic E-state index is 0.196. The predicted octanol–water partition coefficient (Wildman–Crippen LogP) is 3.56. The molecule has 0 heterocycles. The van der Waals surface area contributed by atoms with Crippen molar-refractivity contribution in [2.24, 2.45) is 11.1 Å². The van der Waals surface area contributed by atoms with Gasteiger partial charge >= 0.3 is 0 Å². The number of anilines is 2. The molecular weight excluding hydrogens is 314 g/mol. The van der Waals surface area contributed by atoms with Crippen molar-refractivity contribution < 1.29 is 9.59 Å². The van der Waals surface area contributed by atoms with Crippen LogP contribution in [0.5, 0.6) is 0 Å². The van der Waals surface area contributed by atoms with E-state index in [1.807, 2.05) is 45.9 Å². The second-order valence-corrected chi connectivity index (χ2v) is 7.13. The van der Waals surface area contributed by atoms with E-state index < -0.39 is 6.04 Å². The van der Waals surface area contributed by atoms with E-state index in [4.69, 9.17) is 5.73 Å². The second kappa shape index (κ2) is 7.49. The standard InChI is InChI=1S/C20H25N3O2/c1-13-15(22-18(24)14-9-6-5-7-10-14)11-8-12-16(13)23-19(25)17(21)20(2,3)4/h5-12,17H,21H2,1-4H3,(H,22,24)(H,23,25)/t17-/m1/s1. The molecule has 5 heteroatoms. The zero-order valence-corrected chi connectivity index (χ0v) is 15.1. The topological polar surface area (TPSA) is 84.2 Å². The first-order valence-electron chi connectivity index (χ1n) is 8.22. The summed E-state index contributed by atoms with van der Waals surface area (Å²) in [5, 5.41) is 5.73. The average molecular weight is 339 g/mol. The van der Waals surface area contributed by atoms with Crippen molar-refractivity contribution in [1.82, 2.24) is 0 Å². The van der Waals surface area contributed by atoms with Crippen molar-refractivity contribution in [3.8, 4) is 0 Å². The first-order valence-corrected chi connectivity index (χ1v) is 8.22. The molecule has 4 N–H and O–H groups in total. The van der Waals surface area contributed by atoms with Gasteiger partial charge in [-0.15, -0.1) is 0 Å². The van der Waals surface area contributed by atoms with Crippen LogP contribution in [0.3, 0.4) is 0 Å². The summed E-state index contributed by atoms with van der Waals surface area (Å²) in [6.07, 6.45) is 0. The quantitative estimate of drug-likeness (QED) is 0.796. The number of hydrogen-bond donors (Lipinski definition) is 3. The van der Waals surface area contributed by atoms with E-state index in [-0.39, 0.29) is 17.2 Å². The third kappa shape index (κ3) is 4.67. The molecule has 2 aromatic carbocycles. The molecule has 2 rings (SSSR count). The maximum Gasteiger partial charge on any atom is 0.255 e. The predicted molar refractivity (Wildman–Crippen MR) is 102 cm³/mol. The molecule has 0 aromatic heterocycles. The van der Waals surface area contributed by atoms with Crippen LogP contribution in [0, 0.1) is 12.3 Å². The fourth-order valence-electron chi connectivity index (χ4n) is 2.29. The minimum atomic E-state index is -0.630. The lowest BCUT2D eigenvalue weighted by Gasteiger charge is -2.26. The van der Waals surface area contributed by atoms with E-state index >= 15 is 0 Å². The summed E-state index contributed by atoms with van der Waals surface area (Å²) < 4.78 is 0. The Morgan fingerprint density at radius 1 is 0.920 bits per heavy atom. The molecule has 0 radical (unpaired) electrons. The number of nitrogens with two attached hydrogens (primary N) is 1. The van der Waals surface area contributed by atoms with Gasteiger partial charge in [0, 0.05) is 16.9 Å². The van der Waals surface area contributed by atoms with Crippen molar-refractivity contribution in [1.29, 1.82) is 0 Å². The van der Waals surface area contributed by atoms with Crippen LogP contribution in [0.4, 0.5) is 11.4 Å². The molecule has 0 fully saturated rings. The summed E-state index contributed by atoms with van der Waals surface area (Å²) >= 11 is 0. The Labute approximate surface area is 148 Å². The summed E-state index contributed by atoms with van der Waals surface area (Å²) in [6, 6.07) is 13.7. The zero-order chi connectivity index (χ0) is 18.6. The summed E-state index contributed by atoms with van der Waals surface area (Å²) in [6.45, 7) is 7.60. The van der Waals surface area contributed by atoms with Gasteiger partial charge in [0.2, 0.25) is 5.91 Å². The van der Waals surface area contributed by atoms with E-state index in [0.717, 1.165) is 5.56 Å². The van der Waals surface area contributed by atoms with Gasteiger partial charge in [-0.25, -0.2) is 0 Å². The van der Waals surface area contributed by atoms with Crippen molar-refractivity contribution >= 4 is 23.2 Å². The summed E-state index contributed by atoms with van der Waals surface area (Å²) in [5.74, 6) is -0.444. The van der Waals surface area contributed by atoms with Crippen LogP contribution in [-0.4, -0.2) is 17.9 Å². The molecule has 0 aliphatic carbocycles. The molecule has 5 nitrogen and oxygen atoms in total. The Morgan fingerprint density at radius 3 is 2.04 bits per heavy atom.